The largest absolute Gasteiger partial charge is 0.377 e. The number of benzene rings is 1. The van der Waals surface area contributed by atoms with Gasteiger partial charge in [0.15, 0.2) is 5.82 Å². The van der Waals surface area contributed by atoms with Gasteiger partial charge in [-0.05, 0) is 11.5 Å². The fourth-order valence-corrected chi connectivity index (χ4v) is 2.33. The molecule has 4 nitrogen and oxygen atoms in total. The van der Waals surface area contributed by atoms with Crippen LogP contribution in [0.2, 0.25) is 5.15 Å². The highest BCUT2D eigenvalue weighted by atomic mass is 35.5. The Morgan fingerprint density at radius 1 is 1.20 bits per heavy atom. The lowest BCUT2D eigenvalue weighted by Gasteiger charge is -2.07. The summed E-state index contributed by atoms with van der Waals surface area (Å²) in [4.78, 5) is 12.8. The molecule has 0 amide bonds. The first kappa shape index (κ1) is 13.0. The lowest BCUT2D eigenvalue weighted by molar-refractivity contribution is 0.178. The maximum absolute atomic E-state index is 6.06. The van der Waals surface area contributed by atoms with E-state index in [2.05, 4.69) is 15.0 Å². The molecule has 0 atom stereocenters. The van der Waals surface area contributed by atoms with E-state index in [4.69, 9.17) is 16.3 Å². The Kier molecular flexibility index (Phi) is 3.58. The van der Waals surface area contributed by atoms with Crippen molar-refractivity contribution in [3.63, 3.8) is 0 Å². The normalized spacial score (nSPS) is 10.9. The summed E-state index contributed by atoms with van der Waals surface area (Å²) in [5.74, 6) is 0.566. The second kappa shape index (κ2) is 5.53. The van der Waals surface area contributed by atoms with E-state index < -0.39 is 0 Å². The van der Waals surface area contributed by atoms with Gasteiger partial charge in [-0.3, -0.25) is 4.98 Å². The third-order valence-electron chi connectivity index (χ3n) is 2.97. The number of hydrogen-bond acceptors (Lipinski definition) is 4. The number of nitrogens with zero attached hydrogens (tertiary/aromatic N) is 3. The molecule has 0 unspecified atom stereocenters. The van der Waals surface area contributed by atoms with Crippen LogP contribution in [0, 0.1) is 0 Å². The van der Waals surface area contributed by atoms with Crippen molar-refractivity contribution in [2.45, 2.75) is 6.61 Å². The fraction of sp³-hybridized carbons (Fsp3) is 0.133. The Morgan fingerprint density at radius 2 is 2.10 bits per heavy atom. The van der Waals surface area contributed by atoms with E-state index in [9.17, 15) is 0 Å². The molecule has 0 radical (unpaired) electrons. The van der Waals surface area contributed by atoms with Crippen LogP contribution in [0.4, 0.5) is 0 Å². The quantitative estimate of drug-likeness (QED) is 0.691. The predicted octanol–water partition coefficient (Wildman–Crippen LogP) is 3.49. The van der Waals surface area contributed by atoms with Crippen LogP contribution in [0.3, 0.4) is 0 Å². The summed E-state index contributed by atoms with van der Waals surface area (Å²) in [7, 11) is 1.60. The number of hydrogen-bond donors (Lipinski definition) is 0. The molecule has 0 bridgehead atoms. The molecule has 0 saturated heterocycles. The van der Waals surface area contributed by atoms with E-state index in [0.717, 1.165) is 22.0 Å². The van der Waals surface area contributed by atoms with Crippen LogP contribution in [-0.2, 0) is 11.3 Å². The number of methoxy groups -OCH3 is 1. The molecule has 0 aliphatic heterocycles. The van der Waals surface area contributed by atoms with Gasteiger partial charge < -0.3 is 4.74 Å². The van der Waals surface area contributed by atoms with Crippen molar-refractivity contribution in [3.8, 4) is 11.3 Å². The average Bonchev–Trinajstić information content (AvgIpc) is 2.46. The number of fused-ring (bicyclic) bond motifs is 1. The molecule has 5 heteroatoms. The first-order chi connectivity index (χ1) is 9.78. The summed E-state index contributed by atoms with van der Waals surface area (Å²) in [6.45, 7) is 0.330. The van der Waals surface area contributed by atoms with Gasteiger partial charge in [0.25, 0.3) is 0 Å². The van der Waals surface area contributed by atoms with E-state index in [-0.39, 0.29) is 0 Å². The minimum Gasteiger partial charge on any atom is -0.377 e. The van der Waals surface area contributed by atoms with Crippen molar-refractivity contribution in [1.29, 1.82) is 0 Å². The smallest absolute Gasteiger partial charge is 0.156 e. The molecule has 2 aromatic heterocycles. The van der Waals surface area contributed by atoms with Crippen molar-refractivity contribution in [3.05, 3.63) is 53.7 Å². The third-order valence-corrected chi connectivity index (χ3v) is 3.17. The number of ether oxygens (including phenoxy) is 1. The zero-order chi connectivity index (χ0) is 13.9. The van der Waals surface area contributed by atoms with Crippen LogP contribution in [0.15, 0.2) is 42.7 Å². The summed E-state index contributed by atoms with van der Waals surface area (Å²) in [6.07, 6.45) is 3.60. The highest BCUT2D eigenvalue weighted by molar-refractivity contribution is 6.29. The molecule has 0 N–H and O–H groups in total. The van der Waals surface area contributed by atoms with Crippen molar-refractivity contribution in [2.24, 2.45) is 0 Å². The summed E-state index contributed by atoms with van der Waals surface area (Å²) in [5.41, 5.74) is 1.76. The van der Waals surface area contributed by atoms with E-state index in [1.54, 1.807) is 19.4 Å². The van der Waals surface area contributed by atoms with Crippen LogP contribution in [-0.4, -0.2) is 22.1 Å². The number of pyridine rings is 1. The molecule has 3 rings (SSSR count). The Bertz CT molecular complexity index is 756. The first-order valence-electron chi connectivity index (χ1n) is 6.13. The Balaban J connectivity index is 2.20. The Labute approximate surface area is 121 Å². The minimum atomic E-state index is 0.330. The zero-order valence-electron chi connectivity index (χ0n) is 10.9. The summed E-state index contributed by atoms with van der Waals surface area (Å²) in [6, 6.07) is 9.75. The molecule has 0 fully saturated rings. The Morgan fingerprint density at radius 3 is 2.95 bits per heavy atom. The van der Waals surface area contributed by atoms with Crippen LogP contribution in [0.5, 0.6) is 0 Å². The second-order valence-electron chi connectivity index (χ2n) is 4.33. The number of aromatic nitrogens is 3. The van der Waals surface area contributed by atoms with Crippen LogP contribution in [0.25, 0.3) is 22.0 Å². The van der Waals surface area contributed by atoms with Crippen LogP contribution in [0.1, 0.15) is 5.82 Å². The minimum absolute atomic E-state index is 0.330. The SMILES string of the molecule is COCc1nc(Cl)cc(-c2cccc3ccncc23)n1. The average molecular weight is 286 g/mol. The van der Waals surface area contributed by atoms with Gasteiger partial charge in [0.1, 0.15) is 11.8 Å². The van der Waals surface area contributed by atoms with Gasteiger partial charge in [-0.2, -0.15) is 0 Å². The molecule has 0 aliphatic carbocycles. The summed E-state index contributed by atoms with van der Waals surface area (Å²) >= 11 is 6.06. The fourth-order valence-electron chi connectivity index (χ4n) is 2.13. The van der Waals surface area contributed by atoms with Crippen LogP contribution >= 0.6 is 11.6 Å². The molecular weight excluding hydrogens is 274 g/mol. The second-order valence-corrected chi connectivity index (χ2v) is 4.71. The molecule has 0 saturated carbocycles. The maximum atomic E-state index is 6.06. The lowest BCUT2D eigenvalue weighted by Crippen LogP contribution is -1.99. The number of rotatable bonds is 3. The third kappa shape index (κ3) is 2.48. The number of halogens is 1. The monoisotopic (exact) mass is 285 g/mol. The van der Waals surface area contributed by atoms with Crippen molar-refractivity contribution >= 4 is 22.4 Å². The summed E-state index contributed by atoms with van der Waals surface area (Å²) < 4.78 is 5.07. The van der Waals surface area contributed by atoms with E-state index in [1.165, 1.54) is 0 Å². The molecule has 0 aliphatic rings. The van der Waals surface area contributed by atoms with Crippen molar-refractivity contribution in [1.82, 2.24) is 15.0 Å². The highest BCUT2D eigenvalue weighted by Crippen LogP contribution is 2.27. The van der Waals surface area contributed by atoms with Gasteiger partial charge in [-0.1, -0.05) is 29.8 Å². The molecule has 100 valence electrons. The van der Waals surface area contributed by atoms with Crippen molar-refractivity contribution in [2.75, 3.05) is 7.11 Å². The first-order valence-corrected chi connectivity index (χ1v) is 6.51. The predicted molar refractivity (Wildman–Crippen MR) is 78.5 cm³/mol. The van der Waals surface area contributed by atoms with Gasteiger partial charge in [0, 0.05) is 36.5 Å². The molecule has 2 heterocycles. The molecule has 1 aromatic carbocycles. The van der Waals surface area contributed by atoms with E-state index in [0.29, 0.717) is 17.6 Å². The topological polar surface area (TPSA) is 47.9 Å². The van der Waals surface area contributed by atoms with E-state index in [1.807, 2.05) is 30.5 Å². The maximum Gasteiger partial charge on any atom is 0.156 e. The van der Waals surface area contributed by atoms with E-state index >= 15 is 0 Å². The lowest BCUT2D eigenvalue weighted by atomic mass is 10.0. The van der Waals surface area contributed by atoms with Gasteiger partial charge >= 0.3 is 0 Å². The Hall–Kier alpha value is -2.04. The molecule has 3 aromatic rings. The van der Waals surface area contributed by atoms with Crippen molar-refractivity contribution < 1.29 is 4.74 Å². The molecule has 20 heavy (non-hydrogen) atoms. The zero-order valence-corrected chi connectivity index (χ0v) is 11.6. The van der Waals surface area contributed by atoms with Crippen LogP contribution < -0.4 is 0 Å². The van der Waals surface area contributed by atoms with Gasteiger partial charge in [-0.15, -0.1) is 0 Å². The standard InChI is InChI=1S/C15H12ClN3O/c1-20-9-15-18-13(7-14(16)19-15)11-4-2-3-10-5-6-17-8-12(10)11/h2-8H,9H2,1H3. The highest BCUT2D eigenvalue weighted by Gasteiger charge is 2.08. The summed E-state index contributed by atoms with van der Waals surface area (Å²) in [5, 5.41) is 2.55. The van der Waals surface area contributed by atoms with Gasteiger partial charge in [0.2, 0.25) is 0 Å². The van der Waals surface area contributed by atoms with Gasteiger partial charge in [-0.25, -0.2) is 9.97 Å². The molecular formula is C15H12ClN3O. The van der Waals surface area contributed by atoms with Gasteiger partial charge in [0.05, 0.1) is 5.69 Å². The molecule has 0 spiro atoms.